The van der Waals surface area contributed by atoms with Gasteiger partial charge in [-0.05, 0) is 62.6 Å². The number of carbonyl (C=O) groups excluding carboxylic acids is 1. The van der Waals surface area contributed by atoms with Crippen molar-refractivity contribution in [2.24, 2.45) is 0 Å². The third kappa shape index (κ3) is 5.11. The molecule has 0 saturated carbocycles. The second-order valence-corrected chi connectivity index (χ2v) is 5.55. The maximum absolute atomic E-state index is 12.1. The Morgan fingerprint density at radius 1 is 0.960 bits per heavy atom. The molecule has 0 spiro atoms. The van der Waals surface area contributed by atoms with Crippen molar-refractivity contribution in [3.8, 4) is 17.2 Å². The van der Waals surface area contributed by atoms with Crippen LogP contribution in [0.15, 0.2) is 42.5 Å². The van der Waals surface area contributed by atoms with Crippen LogP contribution in [0.2, 0.25) is 0 Å². The van der Waals surface area contributed by atoms with Gasteiger partial charge in [0.05, 0.1) is 13.2 Å². The average Bonchev–Trinajstić information content (AvgIpc) is 2.59. The van der Waals surface area contributed by atoms with Crippen molar-refractivity contribution in [2.45, 2.75) is 27.7 Å². The van der Waals surface area contributed by atoms with E-state index >= 15 is 0 Å². The van der Waals surface area contributed by atoms with Gasteiger partial charge < -0.3 is 14.2 Å². The predicted octanol–water partition coefficient (Wildman–Crippen LogP) is 4.72. The fraction of sp³-hybridized carbons (Fsp3) is 0.286. The molecule has 0 radical (unpaired) electrons. The molecule has 0 heterocycles. The van der Waals surface area contributed by atoms with Gasteiger partial charge in [0, 0.05) is 6.08 Å². The highest BCUT2D eigenvalue weighted by Crippen LogP contribution is 2.29. The first-order valence-corrected chi connectivity index (χ1v) is 8.40. The number of carbonyl (C=O) groups is 1. The molecule has 4 nitrogen and oxygen atoms in total. The highest BCUT2D eigenvalue weighted by Gasteiger charge is 2.08. The molecular weight excluding hydrogens is 316 g/mol. The van der Waals surface area contributed by atoms with Gasteiger partial charge in [0.15, 0.2) is 11.5 Å². The van der Waals surface area contributed by atoms with Gasteiger partial charge in [0.1, 0.15) is 5.75 Å². The van der Waals surface area contributed by atoms with E-state index in [0.717, 1.165) is 16.7 Å². The van der Waals surface area contributed by atoms with Crippen molar-refractivity contribution in [3.05, 3.63) is 59.2 Å². The monoisotopic (exact) mass is 340 g/mol. The van der Waals surface area contributed by atoms with Crippen LogP contribution >= 0.6 is 0 Å². The number of benzene rings is 2. The van der Waals surface area contributed by atoms with E-state index in [1.807, 2.05) is 64.1 Å². The summed E-state index contributed by atoms with van der Waals surface area (Å²) in [6.07, 6.45) is 3.12. The Morgan fingerprint density at radius 2 is 1.60 bits per heavy atom. The molecular formula is C21H24O4. The van der Waals surface area contributed by atoms with Crippen LogP contribution in [0.4, 0.5) is 0 Å². The van der Waals surface area contributed by atoms with Crippen molar-refractivity contribution in [2.75, 3.05) is 13.2 Å². The van der Waals surface area contributed by atoms with Gasteiger partial charge in [-0.1, -0.05) is 24.3 Å². The van der Waals surface area contributed by atoms with E-state index in [4.69, 9.17) is 14.2 Å². The van der Waals surface area contributed by atoms with Crippen LogP contribution in [-0.2, 0) is 4.79 Å². The number of aryl methyl sites for hydroxylation is 2. The topological polar surface area (TPSA) is 44.8 Å². The minimum atomic E-state index is -0.413. The molecule has 0 aliphatic heterocycles. The van der Waals surface area contributed by atoms with Crippen molar-refractivity contribution >= 4 is 12.0 Å². The lowest BCUT2D eigenvalue weighted by atomic mass is 10.1. The lowest BCUT2D eigenvalue weighted by Gasteiger charge is -2.11. The maximum atomic E-state index is 12.1. The van der Waals surface area contributed by atoms with Crippen LogP contribution in [0, 0.1) is 13.8 Å². The zero-order valence-electron chi connectivity index (χ0n) is 15.2. The van der Waals surface area contributed by atoms with Gasteiger partial charge in [-0.15, -0.1) is 0 Å². The normalized spacial score (nSPS) is 10.7. The molecule has 2 rings (SSSR count). The molecule has 0 aliphatic carbocycles. The van der Waals surface area contributed by atoms with E-state index in [2.05, 4.69) is 0 Å². The second-order valence-electron chi connectivity index (χ2n) is 5.55. The van der Waals surface area contributed by atoms with Crippen LogP contribution in [0.3, 0.4) is 0 Å². The molecule has 4 heteroatoms. The standard InChI is InChI=1S/C21H24O4/c1-5-23-18-12-10-17(14-19(18)24-6-2)11-13-20(22)25-21-15(3)8-7-9-16(21)4/h7-14H,5-6H2,1-4H3/b13-11+. The minimum Gasteiger partial charge on any atom is -0.490 e. The lowest BCUT2D eigenvalue weighted by molar-refractivity contribution is -0.129. The lowest BCUT2D eigenvalue weighted by Crippen LogP contribution is -2.06. The van der Waals surface area contributed by atoms with E-state index < -0.39 is 5.97 Å². The summed E-state index contributed by atoms with van der Waals surface area (Å²) in [6.45, 7) is 8.78. The summed E-state index contributed by atoms with van der Waals surface area (Å²) in [4.78, 5) is 12.1. The molecule has 0 amide bonds. The number of esters is 1. The Morgan fingerprint density at radius 3 is 2.24 bits per heavy atom. The summed E-state index contributed by atoms with van der Waals surface area (Å²) in [7, 11) is 0. The van der Waals surface area contributed by atoms with Crippen LogP contribution in [0.1, 0.15) is 30.5 Å². The quantitative estimate of drug-likeness (QED) is 0.416. The van der Waals surface area contributed by atoms with Crippen molar-refractivity contribution in [3.63, 3.8) is 0 Å². The summed E-state index contributed by atoms with van der Waals surface area (Å²) in [5.74, 6) is 1.55. The van der Waals surface area contributed by atoms with E-state index in [1.54, 1.807) is 6.08 Å². The zero-order valence-corrected chi connectivity index (χ0v) is 15.2. The largest absolute Gasteiger partial charge is 0.490 e. The summed E-state index contributed by atoms with van der Waals surface area (Å²) in [5, 5.41) is 0. The van der Waals surface area contributed by atoms with Gasteiger partial charge in [-0.25, -0.2) is 4.79 Å². The second kappa shape index (κ2) is 8.92. The van der Waals surface area contributed by atoms with Gasteiger partial charge in [-0.2, -0.15) is 0 Å². The molecule has 2 aromatic carbocycles. The molecule has 0 aliphatic rings. The fourth-order valence-electron chi connectivity index (χ4n) is 2.43. The van der Waals surface area contributed by atoms with Crippen molar-refractivity contribution < 1.29 is 19.0 Å². The minimum absolute atomic E-state index is 0.413. The number of rotatable bonds is 7. The van der Waals surface area contributed by atoms with E-state index in [1.165, 1.54) is 6.08 Å². The number of para-hydroxylation sites is 1. The first-order chi connectivity index (χ1) is 12.0. The SMILES string of the molecule is CCOc1ccc(/C=C/C(=O)Oc2c(C)cccc2C)cc1OCC. The van der Waals surface area contributed by atoms with Gasteiger partial charge in [0.2, 0.25) is 0 Å². The van der Waals surface area contributed by atoms with Crippen LogP contribution in [0.5, 0.6) is 17.2 Å². The Labute approximate surface area is 149 Å². The summed E-state index contributed by atoms with van der Waals surface area (Å²) < 4.78 is 16.6. The first-order valence-electron chi connectivity index (χ1n) is 8.40. The summed E-state index contributed by atoms with van der Waals surface area (Å²) >= 11 is 0. The number of hydrogen-bond acceptors (Lipinski definition) is 4. The molecule has 25 heavy (non-hydrogen) atoms. The van der Waals surface area contributed by atoms with Crippen molar-refractivity contribution in [1.29, 1.82) is 0 Å². The molecule has 2 aromatic rings. The Hall–Kier alpha value is -2.75. The molecule has 0 N–H and O–H groups in total. The Balaban J connectivity index is 2.12. The van der Waals surface area contributed by atoms with Crippen molar-refractivity contribution in [1.82, 2.24) is 0 Å². The Kier molecular flexibility index (Phi) is 6.63. The zero-order chi connectivity index (χ0) is 18.2. The number of ether oxygens (including phenoxy) is 3. The van der Waals surface area contributed by atoms with E-state index in [0.29, 0.717) is 30.5 Å². The third-order valence-electron chi connectivity index (χ3n) is 3.59. The third-order valence-corrected chi connectivity index (χ3v) is 3.59. The van der Waals surface area contributed by atoms with E-state index in [9.17, 15) is 4.79 Å². The van der Waals surface area contributed by atoms with Crippen LogP contribution in [-0.4, -0.2) is 19.2 Å². The van der Waals surface area contributed by atoms with Crippen LogP contribution < -0.4 is 14.2 Å². The molecule has 0 fully saturated rings. The Bertz CT molecular complexity index is 742. The predicted molar refractivity (Wildman–Crippen MR) is 99.4 cm³/mol. The molecule has 0 aromatic heterocycles. The van der Waals surface area contributed by atoms with Crippen LogP contribution in [0.25, 0.3) is 6.08 Å². The first kappa shape index (κ1) is 18.6. The summed E-state index contributed by atoms with van der Waals surface area (Å²) in [5.41, 5.74) is 2.70. The molecule has 0 atom stereocenters. The number of hydrogen-bond donors (Lipinski definition) is 0. The molecule has 0 unspecified atom stereocenters. The van der Waals surface area contributed by atoms with Gasteiger partial charge in [-0.3, -0.25) is 0 Å². The van der Waals surface area contributed by atoms with Gasteiger partial charge >= 0.3 is 5.97 Å². The molecule has 0 bridgehead atoms. The average molecular weight is 340 g/mol. The fourth-order valence-corrected chi connectivity index (χ4v) is 2.43. The van der Waals surface area contributed by atoms with E-state index in [-0.39, 0.29) is 0 Å². The molecule has 0 saturated heterocycles. The maximum Gasteiger partial charge on any atom is 0.336 e. The highest BCUT2D eigenvalue weighted by molar-refractivity contribution is 5.89. The molecule has 132 valence electrons. The summed E-state index contributed by atoms with van der Waals surface area (Å²) in [6, 6.07) is 11.3. The van der Waals surface area contributed by atoms with Gasteiger partial charge in [0.25, 0.3) is 0 Å². The highest BCUT2D eigenvalue weighted by atomic mass is 16.5. The smallest absolute Gasteiger partial charge is 0.336 e.